The van der Waals surface area contributed by atoms with Crippen molar-refractivity contribution in [3.05, 3.63) is 65.7 Å². The van der Waals surface area contributed by atoms with Crippen LogP contribution in [0.15, 0.2) is 54.6 Å². The van der Waals surface area contributed by atoms with Gasteiger partial charge in [-0.15, -0.1) is 0 Å². The lowest BCUT2D eigenvalue weighted by Crippen LogP contribution is -2.47. The summed E-state index contributed by atoms with van der Waals surface area (Å²) in [4.78, 5) is 17.2. The molecule has 0 bridgehead atoms. The van der Waals surface area contributed by atoms with Gasteiger partial charge in [0.15, 0.2) is 0 Å². The highest BCUT2D eigenvalue weighted by molar-refractivity contribution is 5.79. The Morgan fingerprint density at radius 2 is 1.86 bits per heavy atom. The zero-order valence-corrected chi connectivity index (χ0v) is 16.9. The molecule has 5 nitrogen and oxygen atoms in total. The van der Waals surface area contributed by atoms with Gasteiger partial charge in [0.05, 0.1) is 13.5 Å². The van der Waals surface area contributed by atoms with Crippen LogP contribution in [0.3, 0.4) is 0 Å². The molecule has 1 heterocycles. The van der Waals surface area contributed by atoms with E-state index in [9.17, 15) is 4.79 Å². The average molecular weight is 382 g/mol. The van der Waals surface area contributed by atoms with Crippen molar-refractivity contribution in [2.24, 2.45) is 0 Å². The van der Waals surface area contributed by atoms with E-state index in [0.29, 0.717) is 19.0 Å². The van der Waals surface area contributed by atoms with Crippen LogP contribution in [0.1, 0.15) is 23.6 Å². The molecule has 1 saturated heterocycles. The van der Waals surface area contributed by atoms with Crippen LogP contribution in [0.5, 0.6) is 5.75 Å². The summed E-state index contributed by atoms with van der Waals surface area (Å²) in [6.45, 7) is 4.88. The molecule has 0 radical (unpaired) electrons. The van der Waals surface area contributed by atoms with E-state index < -0.39 is 0 Å². The summed E-state index contributed by atoms with van der Waals surface area (Å²) in [6.07, 6.45) is 1.30. The van der Waals surface area contributed by atoms with Crippen LogP contribution in [0.25, 0.3) is 0 Å². The summed E-state index contributed by atoms with van der Waals surface area (Å²) in [6, 6.07) is 18.8. The summed E-state index contributed by atoms with van der Waals surface area (Å²) in [5.74, 6) is 0.809. The first-order valence-corrected chi connectivity index (χ1v) is 10.0. The highest BCUT2D eigenvalue weighted by Crippen LogP contribution is 2.24. The number of carbonyl (C=O) groups is 1. The van der Waals surface area contributed by atoms with Gasteiger partial charge in [0.1, 0.15) is 5.75 Å². The zero-order valence-electron chi connectivity index (χ0n) is 16.9. The lowest BCUT2D eigenvalue weighted by atomic mass is 10.0. The second-order valence-electron chi connectivity index (χ2n) is 7.42. The van der Waals surface area contributed by atoms with Gasteiger partial charge in [-0.05, 0) is 25.1 Å². The minimum atomic E-state index is 0.0440. The molecule has 5 heteroatoms. The molecule has 0 unspecified atom stereocenters. The summed E-state index contributed by atoms with van der Waals surface area (Å²) >= 11 is 0. The highest BCUT2D eigenvalue weighted by atomic mass is 16.5. The average Bonchev–Trinajstić information content (AvgIpc) is 2.73. The predicted molar refractivity (Wildman–Crippen MR) is 113 cm³/mol. The highest BCUT2D eigenvalue weighted by Gasteiger charge is 2.25. The smallest absolute Gasteiger partial charge is 0.224 e. The molecule has 1 aliphatic heterocycles. The van der Waals surface area contributed by atoms with Gasteiger partial charge in [-0.1, -0.05) is 48.5 Å². The standard InChI is InChI=1S/C23H31N3O2/c1-25-15-16-26(21(18-25)19-9-4-3-5-10-19)14-8-13-24-23(27)17-20-11-6-7-12-22(20)28-2/h3-7,9-12,21H,8,13-18H2,1-2H3,(H,24,27)/t21-/m0/s1. The van der Waals surface area contributed by atoms with Crippen molar-refractivity contribution in [3.63, 3.8) is 0 Å². The Bertz CT molecular complexity index is 751. The number of ether oxygens (including phenoxy) is 1. The normalized spacial score (nSPS) is 18.0. The first-order valence-electron chi connectivity index (χ1n) is 10.0. The molecular formula is C23H31N3O2. The number of likely N-dealkylation sites (N-methyl/N-ethyl adjacent to an activating group) is 1. The molecule has 1 amide bonds. The first kappa shape index (κ1) is 20.4. The molecule has 150 valence electrons. The van der Waals surface area contributed by atoms with Gasteiger partial charge < -0.3 is 15.0 Å². The van der Waals surface area contributed by atoms with Crippen molar-refractivity contribution in [1.82, 2.24) is 15.1 Å². The first-order chi connectivity index (χ1) is 13.7. The SMILES string of the molecule is COc1ccccc1CC(=O)NCCCN1CCN(C)C[C@H]1c1ccccc1. The minimum absolute atomic E-state index is 0.0440. The van der Waals surface area contributed by atoms with Gasteiger partial charge >= 0.3 is 0 Å². The van der Waals surface area contributed by atoms with Crippen molar-refractivity contribution < 1.29 is 9.53 Å². The Hall–Kier alpha value is -2.37. The Morgan fingerprint density at radius 1 is 1.11 bits per heavy atom. The van der Waals surface area contributed by atoms with Crippen LogP contribution < -0.4 is 10.1 Å². The van der Waals surface area contributed by atoms with Gasteiger partial charge in [-0.3, -0.25) is 9.69 Å². The number of amides is 1. The molecule has 2 aromatic rings. The number of hydrogen-bond donors (Lipinski definition) is 1. The summed E-state index contributed by atoms with van der Waals surface area (Å²) in [5, 5.41) is 3.05. The third kappa shape index (κ3) is 5.57. The number of nitrogens with zero attached hydrogens (tertiary/aromatic N) is 2. The maximum atomic E-state index is 12.3. The van der Waals surface area contributed by atoms with Crippen molar-refractivity contribution in [3.8, 4) is 5.75 Å². The van der Waals surface area contributed by atoms with Gasteiger partial charge in [-0.25, -0.2) is 0 Å². The number of nitrogens with one attached hydrogen (secondary N) is 1. The number of para-hydroxylation sites is 1. The molecule has 1 N–H and O–H groups in total. The molecule has 2 aromatic carbocycles. The topological polar surface area (TPSA) is 44.8 Å². The van der Waals surface area contributed by atoms with E-state index in [1.54, 1.807) is 7.11 Å². The summed E-state index contributed by atoms with van der Waals surface area (Å²) in [7, 11) is 3.82. The van der Waals surface area contributed by atoms with Gasteiger partial charge in [-0.2, -0.15) is 0 Å². The van der Waals surface area contributed by atoms with Crippen LogP contribution >= 0.6 is 0 Å². The van der Waals surface area contributed by atoms with Crippen LogP contribution in [-0.2, 0) is 11.2 Å². The van der Waals surface area contributed by atoms with E-state index in [1.165, 1.54) is 5.56 Å². The molecule has 0 saturated carbocycles. The van der Waals surface area contributed by atoms with E-state index in [-0.39, 0.29) is 5.91 Å². The number of rotatable bonds is 8. The van der Waals surface area contributed by atoms with E-state index in [0.717, 1.165) is 43.9 Å². The Balaban J connectivity index is 1.46. The van der Waals surface area contributed by atoms with Crippen LogP contribution in [-0.4, -0.2) is 62.6 Å². The maximum absolute atomic E-state index is 12.3. The maximum Gasteiger partial charge on any atom is 0.224 e. The quantitative estimate of drug-likeness (QED) is 0.714. The number of hydrogen-bond acceptors (Lipinski definition) is 4. The van der Waals surface area contributed by atoms with Crippen molar-refractivity contribution in [2.45, 2.75) is 18.9 Å². The number of carbonyl (C=O) groups excluding carboxylic acids is 1. The molecule has 0 aromatic heterocycles. The Kier molecular flexibility index (Phi) is 7.46. The van der Waals surface area contributed by atoms with Crippen molar-refractivity contribution in [1.29, 1.82) is 0 Å². The molecule has 0 aliphatic carbocycles. The molecule has 1 atom stereocenters. The number of piperazine rings is 1. The van der Waals surface area contributed by atoms with E-state index in [1.807, 2.05) is 24.3 Å². The van der Waals surface area contributed by atoms with Gasteiger partial charge in [0.2, 0.25) is 5.91 Å². The fourth-order valence-electron chi connectivity index (χ4n) is 3.81. The molecular weight excluding hydrogens is 350 g/mol. The second-order valence-corrected chi connectivity index (χ2v) is 7.42. The summed E-state index contributed by atoms with van der Waals surface area (Å²) < 4.78 is 5.32. The van der Waals surface area contributed by atoms with Gasteiger partial charge in [0, 0.05) is 44.3 Å². The lowest BCUT2D eigenvalue weighted by Gasteiger charge is -2.40. The molecule has 1 aliphatic rings. The van der Waals surface area contributed by atoms with Crippen LogP contribution in [0.2, 0.25) is 0 Å². The second kappa shape index (κ2) is 10.2. The molecule has 3 rings (SSSR count). The molecule has 28 heavy (non-hydrogen) atoms. The third-order valence-corrected chi connectivity index (χ3v) is 5.37. The van der Waals surface area contributed by atoms with Crippen LogP contribution in [0, 0.1) is 0 Å². The van der Waals surface area contributed by atoms with E-state index >= 15 is 0 Å². The Labute approximate surface area is 168 Å². The van der Waals surface area contributed by atoms with Crippen molar-refractivity contribution >= 4 is 5.91 Å². The molecule has 1 fully saturated rings. The Morgan fingerprint density at radius 3 is 2.64 bits per heavy atom. The third-order valence-electron chi connectivity index (χ3n) is 5.37. The number of methoxy groups -OCH3 is 1. The minimum Gasteiger partial charge on any atom is -0.496 e. The number of benzene rings is 2. The predicted octanol–water partition coefficient (Wildman–Crippen LogP) is 2.73. The summed E-state index contributed by atoms with van der Waals surface area (Å²) in [5.41, 5.74) is 2.29. The van der Waals surface area contributed by atoms with Crippen LogP contribution in [0.4, 0.5) is 0 Å². The lowest BCUT2D eigenvalue weighted by molar-refractivity contribution is -0.120. The zero-order chi connectivity index (χ0) is 19.8. The van der Waals surface area contributed by atoms with Gasteiger partial charge in [0.25, 0.3) is 0 Å². The fourth-order valence-corrected chi connectivity index (χ4v) is 3.81. The van der Waals surface area contributed by atoms with Crippen molar-refractivity contribution in [2.75, 3.05) is 46.9 Å². The van der Waals surface area contributed by atoms with E-state index in [2.05, 4.69) is 52.5 Å². The largest absolute Gasteiger partial charge is 0.496 e. The molecule has 0 spiro atoms. The fraction of sp³-hybridized carbons (Fsp3) is 0.435. The monoisotopic (exact) mass is 381 g/mol. The van der Waals surface area contributed by atoms with E-state index in [4.69, 9.17) is 4.74 Å².